The van der Waals surface area contributed by atoms with Crippen LogP contribution in [-0.4, -0.2) is 31.3 Å². The Morgan fingerprint density at radius 1 is 1.19 bits per heavy atom. The number of nitrogens with zero attached hydrogens (tertiary/aromatic N) is 2. The zero-order valence-corrected chi connectivity index (χ0v) is 17.8. The monoisotopic (exact) mass is 484 g/mol. The number of nitrogens with one attached hydrogen (secondary N) is 1. The second kappa shape index (κ2) is 10.2. The minimum Gasteiger partial charge on any atom is -0.493 e. The van der Waals surface area contributed by atoms with Gasteiger partial charge in [0.25, 0.3) is 0 Å². The Morgan fingerprint density at radius 3 is 2.63 bits per heavy atom. The summed E-state index contributed by atoms with van der Waals surface area (Å²) in [7, 11) is 3.18. The molecule has 3 N–H and O–H groups in total. The Kier molecular flexibility index (Phi) is 7.96. The first-order valence-electron chi connectivity index (χ1n) is 8.58. The zero-order valence-electron chi connectivity index (χ0n) is 15.5. The van der Waals surface area contributed by atoms with Crippen molar-refractivity contribution in [1.29, 1.82) is 0 Å². The van der Waals surface area contributed by atoms with Crippen molar-refractivity contribution in [2.75, 3.05) is 19.5 Å². The van der Waals surface area contributed by atoms with Crippen molar-refractivity contribution in [2.24, 2.45) is 10.7 Å². The van der Waals surface area contributed by atoms with E-state index in [2.05, 4.69) is 15.3 Å². The number of anilines is 1. The van der Waals surface area contributed by atoms with Gasteiger partial charge in [0.15, 0.2) is 17.5 Å². The van der Waals surface area contributed by atoms with E-state index in [9.17, 15) is 0 Å². The maximum Gasteiger partial charge on any atom is 0.213 e. The SMILES string of the molecule is COc1ccc(NC(N)=NCc2ccnc(OC3CCC3)c2)cc1OC.I. The van der Waals surface area contributed by atoms with Gasteiger partial charge in [-0.2, -0.15) is 0 Å². The van der Waals surface area contributed by atoms with Crippen LogP contribution in [0.4, 0.5) is 5.69 Å². The number of methoxy groups -OCH3 is 2. The number of benzene rings is 1. The second-order valence-electron chi connectivity index (χ2n) is 6.07. The van der Waals surface area contributed by atoms with E-state index in [0.29, 0.717) is 36.0 Å². The fourth-order valence-corrected chi connectivity index (χ4v) is 2.55. The van der Waals surface area contributed by atoms with Gasteiger partial charge >= 0.3 is 0 Å². The summed E-state index contributed by atoms with van der Waals surface area (Å²) < 4.78 is 16.3. The van der Waals surface area contributed by atoms with Crippen LogP contribution >= 0.6 is 24.0 Å². The first-order valence-corrected chi connectivity index (χ1v) is 8.58. The van der Waals surface area contributed by atoms with E-state index in [4.69, 9.17) is 19.9 Å². The van der Waals surface area contributed by atoms with E-state index in [1.54, 1.807) is 32.5 Å². The average molecular weight is 484 g/mol. The fourth-order valence-electron chi connectivity index (χ4n) is 2.55. The Balaban J connectivity index is 0.00000261. The van der Waals surface area contributed by atoms with Crippen molar-refractivity contribution in [3.05, 3.63) is 42.1 Å². The van der Waals surface area contributed by atoms with Gasteiger partial charge in [0.05, 0.1) is 20.8 Å². The number of aliphatic imine (C=N–C) groups is 1. The smallest absolute Gasteiger partial charge is 0.213 e. The normalized spacial score (nSPS) is 13.9. The summed E-state index contributed by atoms with van der Waals surface area (Å²) in [6.45, 7) is 0.440. The van der Waals surface area contributed by atoms with Crippen molar-refractivity contribution < 1.29 is 14.2 Å². The lowest BCUT2D eigenvalue weighted by atomic mass is 9.96. The molecule has 0 bridgehead atoms. The molecular formula is C19H25IN4O3. The van der Waals surface area contributed by atoms with Gasteiger partial charge in [-0.05, 0) is 43.0 Å². The molecule has 0 atom stereocenters. The van der Waals surface area contributed by atoms with Crippen LogP contribution in [-0.2, 0) is 6.54 Å². The molecule has 1 aliphatic carbocycles. The van der Waals surface area contributed by atoms with E-state index in [0.717, 1.165) is 24.1 Å². The molecule has 0 unspecified atom stereocenters. The van der Waals surface area contributed by atoms with Crippen LogP contribution in [0.3, 0.4) is 0 Å². The van der Waals surface area contributed by atoms with Crippen LogP contribution < -0.4 is 25.3 Å². The molecule has 0 radical (unpaired) electrons. The highest BCUT2D eigenvalue weighted by Crippen LogP contribution is 2.29. The minimum atomic E-state index is 0. The van der Waals surface area contributed by atoms with Crippen LogP contribution in [0.15, 0.2) is 41.5 Å². The van der Waals surface area contributed by atoms with E-state index in [1.165, 1.54) is 6.42 Å². The number of rotatable bonds is 7. The van der Waals surface area contributed by atoms with Gasteiger partial charge in [0.1, 0.15) is 6.10 Å². The lowest BCUT2D eigenvalue weighted by Gasteiger charge is -2.25. The van der Waals surface area contributed by atoms with Crippen LogP contribution in [0, 0.1) is 0 Å². The quantitative estimate of drug-likeness (QED) is 0.355. The number of pyridine rings is 1. The molecule has 0 aliphatic heterocycles. The number of aromatic nitrogens is 1. The Labute approximate surface area is 176 Å². The highest BCUT2D eigenvalue weighted by atomic mass is 127. The molecule has 1 heterocycles. The largest absolute Gasteiger partial charge is 0.493 e. The Bertz CT molecular complexity index is 781. The number of hydrogen-bond acceptors (Lipinski definition) is 5. The summed E-state index contributed by atoms with van der Waals surface area (Å²) in [5.74, 6) is 2.24. The molecule has 1 saturated carbocycles. The second-order valence-corrected chi connectivity index (χ2v) is 6.07. The maximum atomic E-state index is 5.99. The molecule has 7 nitrogen and oxygen atoms in total. The highest BCUT2D eigenvalue weighted by molar-refractivity contribution is 14.0. The summed E-state index contributed by atoms with van der Waals surface area (Å²) in [5.41, 5.74) is 7.75. The summed E-state index contributed by atoms with van der Waals surface area (Å²) >= 11 is 0. The summed E-state index contributed by atoms with van der Waals surface area (Å²) in [4.78, 5) is 8.62. The van der Waals surface area contributed by atoms with Crippen molar-refractivity contribution in [3.8, 4) is 17.4 Å². The number of halogens is 1. The molecule has 146 valence electrons. The lowest BCUT2D eigenvalue weighted by Crippen LogP contribution is -2.25. The van der Waals surface area contributed by atoms with Crippen molar-refractivity contribution in [1.82, 2.24) is 4.98 Å². The lowest BCUT2D eigenvalue weighted by molar-refractivity contribution is 0.114. The summed E-state index contributed by atoms with van der Waals surface area (Å²) in [6.07, 6.45) is 5.47. The van der Waals surface area contributed by atoms with Gasteiger partial charge in [0, 0.05) is 24.0 Å². The highest BCUT2D eigenvalue weighted by Gasteiger charge is 2.19. The van der Waals surface area contributed by atoms with Crippen molar-refractivity contribution in [2.45, 2.75) is 31.9 Å². The third kappa shape index (κ3) is 5.88. The van der Waals surface area contributed by atoms with E-state index in [1.807, 2.05) is 18.2 Å². The summed E-state index contributed by atoms with van der Waals surface area (Å²) in [6, 6.07) is 9.27. The molecule has 0 amide bonds. The number of ether oxygens (including phenoxy) is 3. The molecule has 1 aromatic heterocycles. The fraction of sp³-hybridized carbons (Fsp3) is 0.368. The maximum absolute atomic E-state index is 5.99. The standard InChI is InChI=1S/C19H24N4O3.HI/c1-24-16-7-6-14(11-17(16)25-2)23-19(20)22-12-13-8-9-21-18(10-13)26-15-4-3-5-15;/h6-11,15H,3-5,12H2,1-2H3,(H3,20,22,23);1H. The molecule has 0 spiro atoms. The zero-order chi connectivity index (χ0) is 18.4. The predicted octanol–water partition coefficient (Wildman–Crippen LogP) is 3.57. The van der Waals surface area contributed by atoms with E-state index < -0.39 is 0 Å². The molecule has 8 heteroatoms. The van der Waals surface area contributed by atoms with E-state index >= 15 is 0 Å². The van der Waals surface area contributed by atoms with Gasteiger partial charge in [-0.3, -0.25) is 0 Å². The molecule has 0 saturated heterocycles. The molecule has 1 fully saturated rings. The number of hydrogen-bond donors (Lipinski definition) is 2. The molecule has 1 aliphatic rings. The first kappa shape index (κ1) is 21.1. The molecular weight excluding hydrogens is 459 g/mol. The van der Waals surface area contributed by atoms with Gasteiger partial charge in [0.2, 0.25) is 5.88 Å². The van der Waals surface area contributed by atoms with Gasteiger partial charge < -0.3 is 25.3 Å². The predicted molar refractivity (Wildman–Crippen MR) is 116 cm³/mol. The Morgan fingerprint density at radius 2 is 1.96 bits per heavy atom. The van der Waals surface area contributed by atoms with Crippen molar-refractivity contribution in [3.63, 3.8) is 0 Å². The Hall–Kier alpha value is -2.23. The minimum absolute atomic E-state index is 0. The van der Waals surface area contributed by atoms with Gasteiger partial charge in [-0.25, -0.2) is 9.98 Å². The third-order valence-corrected chi connectivity index (χ3v) is 4.23. The van der Waals surface area contributed by atoms with Crippen LogP contribution in [0.5, 0.6) is 17.4 Å². The molecule has 27 heavy (non-hydrogen) atoms. The van der Waals surface area contributed by atoms with Crippen molar-refractivity contribution >= 4 is 35.6 Å². The van der Waals surface area contributed by atoms with Crippen LogP contribution in [0.2, 0.25) is 0 Å². The molecule has 1 aromatic carbocycles. The summed E-state index contributed by atoms with van der Waals surface area (Å²) in [5, 5.41) is 3.05. The average Bonchev–Trinajstić information content (AvgIpc) is 2.63. The van der Waals surface area contributed by atoms with Crippen LogP contribution in [0.25, 0.3) is 0 Å². The first-order chi connectivity index (χ1) is 12.7. The molecule has 3 rings (SSSR count). The van der Waals surface area contributed by atoms with Gasteiger partial charge in [-0.1, -0.05) is 0 Å². The molecule has 2 aromatic rings. The number of nitrogens with two attached hydrogens (primary N) is 1. The number of guanidine groups is 1. The third-order valence-electron chi connectivity index (χ3n) is 4.23. The topological polar surface area (TPSA) is 91.0 Å². The van der Waals surface area contributed by atoms with Crippen LogP contribution in [0.1, 0.15) is 24.8 Å². The van der Waals surface area contributed by atoms with Gasteiger partial charge in [-0.15, -0.1) is 24.0 Å². The van der Waals surface area contributed by atoms with E-state index in [-0.39, 0.29) is 24.0 Å².